The summed E-state index contributed by atoms with van der Waals surface area (Å²) in [5, 5.41) is 0. The van der Waals surface area contributed by atoms with E-state index in [4.69, 9.17) is 4.99 Å². The van der Waals surface area contributed by atoms with Crippen LogP contribution in [0, 0.1) is 5.92 Å². The Balaban J connectivity index is 1.72. The van der Waals surface area contributed by atoms with Gasteiger partial charge in [0.05, 0.1) is 6.04 Å². The zero-order valence-electron chi connectivity index (χ0n) is 18.0. The van der Waals surface area contributed by atoms with E-state index < -0.39 is 12.2 Å². The van der Waals surface area contributed by atoms with Crippen LogP contribution in [0.3, 0.4) is 0 Å². The number of hydrogen-bond donors (Lipinski definition) is 0. The molecule has 3 atom stereocenters. The molecule has 7 heteroatoms. The van der Waals surface area contributed by atoms with Gasteiger partial charge in [-0.15, -0.1) is 0 Å². The lowest BCUT2D eigenvalue weighted by Crippen LogP contribution is -2.65. The Kier molecular flexibility index (Phi) is 4.63. The average Bonchev–Trinajstić information content (AvgIpc) is 3.19. The fourth-order valence-corrected chi connectivity index (χ4v) is 4.52. The zero-order valence-corrected chi connectivity index (χ0v) is 18.0. The van der Waals surface area contributed by atoms with Gasteiger partial charge >= 0.3 is 6.03 Å². The third-order valence-corrected chi connectivity index (χ3v) is 6.15. The van der Waals surface area contributed by atoms with Crippen LogP contribution in [0.2, 0.25) is 0 Å². The Bertz CT molecular complexity index is 907. The molecule has 4 rings (SSSR count). The van der Waals surface area contributed by atoms with Gasteiger partial charge in [0.25, 0.3) is 5.91 Å². The van der Waals surface area contributed by atoms with Gasteiger partial charge in [-0.1, -0.05) is 44.2 Å². The van der Waals surface area contributed by atoms with Crippen molar-refractivity contribution >= 4 is 17.9 Å². The molecule has 3 aliphatic rings. The number of carbonyl (C=O) groups is 2. The molecule has 1 aromatic carbocycles. The topological polar surface area (TPSA) is 59.5 Å². The van der Waals surface area contributed by atoms with Crippen molar-refractivity contribution in [2.45, 2.75) is 52.9 Å². The molecule has 0 N–H and O–H groups in total. The van der Waals surface area contributed by atoms with E-state index >= 15 is 0 Å². The number of hydrogen-bond acceptors (Lipinski definition) is 5. The van der Waals surface area contributed by atoms with Gasteiger partial charge in [0, 0.05) is 25.0 Å². The van der Waals surface area contributed by atoms with Crippen molar-refractivity contribution < 1.29 is 9.59 Å². The smallest absolute Gasteiger partial charge is 0.307 e. The fourth-order valence-electron chi connectivity index (χ4n) is 4.52. The van der Waals surface area contributed by atoms with Gasteiger partial charge in [-0.05, 0) is 32.3 Å². The highest BCUT2D eigenvalue weighted by atomic mass is 16.2. The largest absolute Gasteiger partial charge is 0.328 e. The molecular formula is C22H29N5O2. The molecule has 7 nitrogen and oxygen atoms in total. The molecule has 1 saturated heterocycles. The van der Waals surface area contributed by atoms with Crippen molar-refractivity contribution in [1.82, 2.24) is 19.6 Å². The Labute approximate surface area is 172 Å². The second-order valence-corrected chi connectivity index (χ2v) is 8.52. The summed E-state index contributed by atoms with van der Waals surface area (Å²) < 4.78 is 0. The van der Waals surface area contributed by atoms with Gasteiger partial charge in [-0.2, -0.15) is 0 Å². The van der Waals surface area contributed by atoms with E-state index in [0.29, 0.717) is 6.54 Å². The Morgan fingerprint density at radius 3 is 2.31 bits per heavy atom. The first kappa shape index (κ1) is 19.5. The van der Waals surface area contributed by atoms with Gasteiger partial charge in [0.15, 0.2) is 12.2 Å². The van der Waals surface area contributed by atoms with E-state index in [1.165, 1.54) is 10.5 Å². The van der Waals surface area contributed by atoms with Gasteiger partial charge in [0.2, 0.25) is 5.96 Å². The van der Waals surface area contributed by atoms with Crippen molar-refractivity contribution in [3.05, 3.63) is 47.3 Å². The highest BCUT2D eigenvalue weighted by molar-refractivity contribution is 6.05. The molecule has 3 unspecified atom stereocenters. The molecule has 3 amide bonds. The maximum atomic E-state index is 13.4. The summed E-state index contributed by atoms with van der Waals surface area (Å²) in [6.07, 6.45) is -0.498. The molecule has 0 aliphatic carbocycles. The number of amides is 3. The third-order valence-electron chi connectivity index (χ3n) is 6.15. The van der Waals surface area contributed by atoms with Crippen molar-refractivity contribution in [2.75, 3.05) is 13.6 Å². The van der Waals surface area contributed by atoms with Crippen LogP contribution >= 0.6 is 0 Å². The van der Waals surface area contributed by atoms with Crippen LogP contribution in [0.1, 0.15) is 46.2 Å². The van der Waals surface area contributed by atoms with Crippen molar-refractivity contribution in [3.63, 3.8) is 0 Å². The van der Waals surface area contributed by atoms with Crippen LogP contribution < -0.4 is 0 Å². The molecule has 3 aliphatic heterocycles. The lowest BCUT2D eigenvalue weighted by molar-refractivity contribution is -0.137. The monoisotopic (exact) mass is 395 g/mol. The zero-order chi connectivity index (χ0) is 21.0. The second-order valence-electron chi connectivity index (χ2n) is 8.52. The summed E-state index contributed by atoms with van der Waals surface area (Å²) in [5.74, 6) is 0.805. The van der Waals surface area contributed by atoms with Gasteiger partial charge in [-0.25, -0.2) is 9.79 Å². The lowest BCUT2D eigenvalue weighted by atomic mass is 10.1. The minimum absolute atomic E-state index is 0.0675. The predicted molar refractivity (Wildman–Crippen MR) is 112 cm³/mol. The van der Waals surface area contributed by atoms with Crippen LogP contribution in [0.25, 0.3) is 0 Å². The van der Waals surface area contributed by atoms with Gasteiger partial charge in [0.1, 0.15) is 0 Å². The molecule has 0 saturated carbocycles. The number of likely N-dealkylation sites (N-methyl/N-ethyl adjacent to an activating group) is 1. The van der Waals surface area contributed by atoms with E-state index in [0.717, 1.165) is 17.4 Å². The van der Waals surface area contributed by atoms with Crippen LogP contribution in [0.5, 0.6) is 0 Å². The van der Waals surface area contributed by atoms with E-state index in [-0.39, 0.29) is 23.9 Å². The first-order valence-electron chi connectivity index (χ1n) is 10.2. The quantitative estimate of drug-likeness (QED) is 0.785. The van der Waals surface area contributed by atoms with Crippen molar-refractivity contribution in [2.24, 2.45) is 10.9 Å². The lowest BCUT2D eigenvalue weighted by Gasteiger charge is -2.41. The summed E-state index contributed by atoms with van der Waals surface area (Å²) in [4.78, 5) is 38.3. The molecule has 0 aromatic heterocycles. The maximum absolute atomic E-state index is 13.4. The molecular weight excluding hydrogens is 366 g/mol. The number of guanidine groups is 1. The average molecular weight is 396 g/mol. The maximum Gasteiger partial charge on any atom is 0.328 e. The number of benzene rings is 1. The van der Waals surface area contributed by atoms with E-state index in [1.54, 1.807) is 11.9 Å². The number of allylic oxidation sites excluding steroid dienone is 2. The molecule has 1 fully saturated rings. The molecule has 29 heavy (non-hydrogen) atoms. The highest BCUT2D eigenvalue weighted by Gasteiger charge is 2.56. The van der Waals surface area contributed by atoms with Crippen LogP contribution in [-0.2, 0) is 4.79 Å². The predicted octanol–water partition coefficient (Wildman–Crippen LogP) is 3.23. The SMILES string of the molecule is CC1=C(C)N2C(=NC3C2C(=O)N(CC(C)C)C(=O)N3C)N1C(C)c1ccccc1. The van der Waals surface area contributed by atoms with Crippen LogP contribution in [0.15, 0.2) is 46.7 Å². The number of nitrogens with zero attached hydrogens (tertiary/aromatic N) is 5. The van der Waals surface area contributed by atoms with E-state index in [2.05, 4.69) is 30.9 Å². The summed E-state index contributed by atoms with van der Waals surface area (Å²) in [6, 6.07) is 9.56. The summed E-state index contributed by atoms with van der Waals surface area (Å²) in [6.45, 7) is 10.7. The molecule has 0 radical (unpaired) electrons. The third kappa shape index (κ3) is 2.82. The molecule has 154 valence electrons. The number of fused-ring (bicyclic) bond motifs is 3. The number of urea groups is 1. The highest BCUT2D eigenvalue weighted by Crippen LogP contribution is 2.41. The summed E-state index contributed by atoms with van der Waals surface area (Å²) >= 11 is 0. The summed E-state index contributed by atoms with van der Waals surface area (Å²) in [5.41, 5.74) is 3.28. The van der Waals surface area contributed by atoms with E-state index in [1.807, 2.05) is 43.9 Å². The normalized spacial score (nSPS) is 25.1. The van der Waals surface area contributed by atoms with Crippen LogP contribution in [0.4, 0.5) is 4.79 Å². The van der Waals surface area contributed by atoms with Gasteiger partial charge < -0.3 is 9.80 Å². The first-order chi connectivity index (χ1) is 13.7. The van der Waals surface area contributed by atoms with Gasteiger partial charge in [-0.3, -0.25) is 14.6 Å². The summed E-state index contributed by atoms with van der Waals surface area (Å²) in [7, 11) is 1.74. The Hall–Kier alpha value is -2.83. The molecule has 0 spiro atoms. The van der Waals surface area contributed by atoms with Crippen LogP contribution in [-0.4, -0.2) is 63.3 Å². The Morgan fingerprint density at radius 1 is 1.03 bits per heavy atom. The molecule has 0 bridgehead atoms. The second kappa shape index (κ2) is 6.90. The Morgan fingerprint density at radius 2 is 1.69 bits per heavy atom. The molecule has 3 heterocycles. The molecule has 1 aromatic rings. The van der Waals surface area contributed by atoms with E-state index in [9.17, 15) is 9.59 Å². The fraction of sp³-hybridized carbons (Fsp3) is 0.500. The minimum atomic E-state index is -0.505. The van der Waals surface area contributed by atoms with Crippen molar-refractivity contribution in [3.8, 4) is 0 Å². The minimum Gasteiger partial charge on any atom is -0.307 e. The first-order valence-corrected chi connectivity index (χ1v) is 10.2. The standard InChI is InChI=1S/C22H29N5O2/c1-13(2)12-25-20(28)18-19(24(6)22(25)29)23-21-26(14(3)15(4)27(18)21)16(5)17-10-8-7-9-11-17/h7-11,13,16,18-19H,12H2,1-6H3. The number of aliphatic imine (C=N–C) groups is 1. The van der Waals surface area contributed by atoms with Crippen molar-refractivity contribution in [1.29, 1.82) is 0 Å². The number of imide groups is 1. The number of rotatable bonds is 4. The number of carbonyl (C=O) groups excluding carboxylic acids is 2.